The zero-order valence-corrected chi connectivity index (χ0v) is 19.6. The number of fused-ring (bicyclic) bond motifs is 1. The molecule has 1 saturated heterocycles. The lowest BCUT2D eigenvalue weighted by atomic mass is 9.91. The Kier molecular flexibility index (Phi) is 5.57. The van der Waals surface area contributed by atoms with Gasteiger partial charge < -0.3 is 10.2 Å². The third-order valence-corrected chi connectivity index (χ3v) is 7.30. The number of halogens is 1. The van der Waals surface area contributed by atoms with Crippen LogP contribution in [0.15, 0.2) is 48.7 Å². The maximum atomic E-state index is 14.3. The van der Waals surface area contributed by atoms with Gasteiger partial charge >= 0.3 is 0 Å². The molecule has 1 aliphatic heterocycles. The molecule has 0 unspecified atom stereocenters. The molecule has 6 heteroatoms. The Morgan fingerprint density at radius 2 is 1.85 bits per heavy atom. The molecule has 2 heterocycles. The van der Waals surface area contributed by atoms with Crippen LogP contribution in [0.25, 0.3) is 10.9 Å². The first-order chi connectivity index (χ1) is 15.9. The lowest BCUT2D eigenvalue weighted by Crippen LogP contribution is -2.48. The summed E-state index contributed by atoms with van der Waals surface area (Å²) in [6.45, 7) is 10.5. The van der Waals surface area contributed by atoms with E-state index in [1.807, 2.05) is 13.0 Å². The van der Waals surface area contributed by atoms with E-state index in [1.165, 1.54) is 6.07 Å². The van der Waals surface area contributed by atoms with E-state index in [9.17, 15) is 9.18 Å². The van der Waals surface area contributed by atoms with Crippen LogP contribution >= 0.6 is 0 Å². The normalized spacial score (nSPS) is 18.0. The molecular weight excluding hydrogens is 415 g/mol. The van der Waals surface area contributed by atoms with Gasteiger partial charge in [0.05, 0.1) is 5.41 Å². The number of nitrogens with one attached hydrogen (secondary N) is 1. The number of hydrogen-bond acceptors (Lipinski definition) is 4. The van der Waals surface area contributed by atoms with E-state index in [-0.39, 0.29) is 11.7 Å². The molecule has 2 fully saturated rings. The average Bonchev–Trinajstić information content (AvgIpc) is 3.63. The van der Waals surface area contributed by atoms with Gasteiger partial charge in [-0.2, -0.15) is 0 Å². The van der Waals surface area contributed by atoms with Crippen LogP contribution in [-0.4, -0.2) is 48.0 Å². The minimum absolute atomic E-state index is 0.0239. The highest BCUT2D eigenvalue weighted by molar-refractivity contribution is 6.05. The van der Waals surface area contributed by atoms with Gasteiger partial charge in [-0.25, -0.2) is 4.39 Å². The smallest absolute Gasteiger partial charge is 0.235 e. The average molecular weight is 447 g/mol. The third kappa shape index (κ3) is 3.97. The largest absolute Gasteiger partial charge is 0.369 e. The Bertz CT molecular complexity index is 1200. The van der Waals surface area contributed by atoms with Crippen LogP contribution in [0.3, 0.4) is 0 Å². The van der Waals surface area contributed by atoms with E-state index in [2.05, 4.69) is 52.1 Å². The monoisotopic (exact) mass is 446 g/mol. The topological polar surface area (TPSA) is 48.5 Å². The summed E-state index contributed by atoms with van der Waals surface area (Å²) in [7, 11) is 0. The number of amides is 1. The third-order valence-electron chi connectivity index (χ3n) is 7.30. The summed E-state index contributed by atoms with van der Waals surface area (Å²) in [6, 6.07) is 13.7. The minimum atomic E-state index is -0.625. The van der Waals surface area contributed by atoms with Crippen molar-refractivity contribution in [3.8, 4) is 0 Å². The molecule has 1 aromatic heterocycles. The van der Waals surface area contributed by atoms with E-state index in [0.29, 0.717) is 11.6 Å². The van der Waals surface area contributed by atoms with Gasteiger partial charge in [-0.1, -0.05) is 18.2 Å². The van der Waals surface area contributed by atoms with Gasteiger partial charge in [-0.15, -0.1) is 0 Å². The molecule has 3 aromatic rings. The van der Waals surface area contributed by atoms with Crippen molar-refractivity contribution in [1.29, 1.82) is 0 Å². The van der Waals surface area contributed by atoms with Crippen LogP contribution in [-0.2, 0) is 10.2 Å². The molecule has 1 aliphatic carbocycles. The Hall–Kier alpha value is -2.99. The molecule has 1 amide bonds. The van der Waals surface area contributed by atoms with Crippen molar-refractivity contribution >= 4 is 28.2 Å². The number of carbonyl (C=O) groups is 1. The highest BCUT2D eigenvalue weighted by Gasteiger charge is 2.52. The van der Waals surface area contributed by atoms with E-state index >= 15 is 0 Å². The predicted molar refractivity (Wildman–Crippen MR) is 131 cm³/mol. The summed E-state index contributed by atoms with van der Waals surface area (Å²) in [5.41, 5.74) is 3.59. The Morgan fingerprint density at radius 3 is 2.55 bits per heavy atom. The number of rotatable bonds is 5. The Balaban J connectivity index is 1.39. The predicted octanol–water partition coefficient (Wildman–Crippen LogP) is 4.88. The maximum Gasteiger partial charge on any atom is 0.235 e. The standard InChI is InChI=1S/C27H31FN4O/c1-18(2)31-13-15-32(16-14-31)20-7-6-19(3)24(17-20)30-26(33)27(10-11-27)22-8-9-23(28)25-21(22)5-4-12-29-25/h4-9,12,17-18H,10-11,13-16H2,1-3H3,(H,30,33). The minimum Gasteiger partial charge on any atom is -0.369 e. The van der Waals surface area contributed by atoms with Crippen LogP contribution < -0.4 is 10.2 Å². The lowest BCUT2D eigenvalue weighted by Gasteiger charge is -2.38. The molecule has 1 saturated carbocycles. The molecule has 172 valence electrons. The number of carbonyl (C=O) groups excluding carboxylic acids is 1. The molecule has 2 aromatic carbocycles. The number of aryl methyl sites for hydroxylation is 1. The number of piperazine rings is 1. The fourth-order valence-electron chi connectivity index (χ4n) is 4.98. The lowest BCUT2D eigenvalue weighted by molar-refractivity contribution is -0.118. The fraction of sp³-hybridized carbons (Fsp3) is 0.407. The van der Waals surface area contributed by atoms with Gasteiger partial charge in [0.2, 0.25) is 5.91 Å². The van der Waals surface area contributed by atoms with Gasteiger partial charge in [0.25, 0.3) is 0 Å². The summed E-state index contributed by atoms with van der Waals surface area (Å²) in [4.78, 5) is 22.6. The van der Waals surface area contributed by atoms with Crippen molar-refractivity contribution in [3.05, 3.63) is 65.6 Å². The molecule has 1 N–H and O–H groups in total. The van der Waals surface area contributed by atoms with Gasteiger partial charge in [-0.05, 0) is 69.0 Å². The summed E-state index contributed by atoms with van der Waals surface area (Å²) < 4.78 is 14.3. The van der Waals surface area contributed by atoms with E-state index in [1.54, 1.807) is 18.3 Å². The van der Waals surface area contributed by atoms with Gasteiger partial charge in [0.15, 0.2) is 0 Å². The Labute approximate surface area is 194 Å². The van der Waals surface area contributed by atoms with Crippen molar-refractivity contribution in [2.24, 2.45) is 0 Å². The van der Waals surface area contributed by atoms with Crippen molar-refractivity contribution in [2.45, 2.75) is 45.1 Å². The van der Waals surface area contributed by atoms with Crippen molar-refractivity contribution in [3.63, 3.8) is 0 Å². The van der Waals surface area contributed by atoms with Crippen LogP contribution in [0.2, 0.25) is 0 Å². The Morgan fingerprint density at radius 1 is 1.09 bits per heavy atom. The zero-order valence-electron chi connectivity index (χ0n) is 19.6. The van der Waals surface area contributed by atoms with Crippen molar-refractivity contribution in [1.82, 2.24) is 9.88 Å². The summed E-state index contributed by atoms with van der Waals surface area (Å²) in [5.74, 6) is -0.379. The van der Waals surface area contributed by atoms with Crippen LogP contribution in [0.5, 0.6) is 0 Å². The second-order valence-electron chi connectivity index (χ2n) is 9.65. The number of nitrogens with zero attached hydrogens (tertiary/aromatic N) is 3. The fourth-order valence-corrected chi connectivity index (χ4v) is 4.98. The second kappa shape index (κ2) is 8.41. The molecule has 0 radical (unpaired) electrons. The first-order valence-electron chi connectivity index (χ1n) is 11.8. The van der Waals surface area contributed by atoms with Crippen molar-refractivity contribution < 1.29 is 9.18 Å². The second-order valence-corrected chi connectivity index (χ2v) is 9.65. The summed E-state index contributed by atoms with van der Waals surface area (Å²) in [6.07, 6.45) is 3.10. The quantitative estimate of drug-likeness (QED) is 0.607. The molecule has 2 aliphatic rings. The molecular formula is C27H31FN4O. The van der Waals surface area contributed by atoms with Crippen LogP contribution in [0.4, 0.5) is 15.8 Å². The number of pyridine rings is 1. The first kappa shape index (κ1) is 21.8. The van der Waals surface area contributed by atoms with E-state index in [4.69, 9.17) is 0 Å². The molecule has 0 atom stereocenters. The molecule has 0 spiro atoms. The molecule has 33 heavy (non-hydrogen) atoms. The zero-order chi connectivity index (χ0) is 23.2. The number of anilines is 2. The highest BCUT2D eigenvalue weighted by atomic mass is 19.1. The molecule has 5 nitrogen and oxygen atoms in total. The SMILES string of the molecule is Cc1ccc(N2CCN(C(C)C)CC2)cc1NC(=O)C1(c2ccc(F)c3ncccc23)CC1. The highest BCUT2D eigenvalue weighted by Crippen LogP contribution is 2.51. The van der Waals surface area contributed by atoms with E-state index < -0.39 is 5.41 Å². The maximum absolute atomic E-state index is 14.3. The van der Waals surface area contributed by atoms with E-state index in [0.717, 1.165) is 66.9 Å². The van der Waals surface area contributed by atoms with Gasteiger partial charge in [-0.3, -0.25) is 14.7 Å². The molecule has 5 rings (SSSR count). The number of aromatic nitrogens is 1. The van der Waals surface area contributed by atoms with Crippen molar-refractivity contribution in [2.75, 3.05) is 36.4 Å². The molecule has 0 bridgehead atoms. The van der Waals surface area contributed by atoms with Gasteiger partial charge in [0.1, 0.15) is 11.3 Å². The first-order valence-corrected chi connectivity index (χ1v) is 11.8. The van der Waals surface area contributed by atoms with Gasteiger partial charge in [0, 0.05) is 55.2 Å². The van der Waals surface area contributed by atoms with Crippen LogP contribution in [0, 0.1) is 12.7 Å². The number of hydrogen-bond donors (Lipinski definition) is 1. The summed E-state index contributed by atoms with van der Waals surface area (Å²) >= 11 is 0. The van der Waals surface area contributed by atoms with Crippen LogP contribution in [0.1, 0.15) is 37.8 Å². The number of benzene rings is 2. The summed E-state index contributed by atoms with van der Waals surface area (Å²) in [5, 5.41) is 3.93.